The second-order valence-corrected chi connectivity index (χ2v) is 5.78. The van der Waals surface area contributed by atoms with Gasteiger partial charge in [0.2, 0.25) is 0 Å². The first-order valence-electron chi connectivity index (χ1n) is 6.11. The molecule has 1 aromatic carbocycles. The van der Waals surface area contributed by atoms with Crippen molar-refractivity contribution in [1.29, 1.82) is 0 Å². The molecule has 118 valence electrons. The fourth-order valence-corrected chi connectivity index (χ4v) is 2.80. The molecule has 0 aliphatic rings. The van der Waals surface area contributed by atoms with E-state index in [2.05, 4.69) is 19.0 Å². The predicted molar refractivity (Wildman–Crippen MR) is 71.5 cm³/mol. The fourth-order valence-electron chi connectivity index (χ4n) is 1.41. The van der Waals surface area contributed by atoms with Gasteiger partial charge >= 0.3 is 19.2 Å². The highest BCUT2D eigenvalue weighted by Gasteiger charge is 2.60. The van der Waals surface area contributed by atoms with Crippen LogP contribution in [-0.4, -0.2) is 24.8 Å². The van der Waals surface area contributed by atoms with Gasteiger partial charge in [0.25, 0.3) is 0 Å². The number of benzene rings is 1. The van der Waals surface area contributed by atoms with E-state index in [0.29, 0.717) is 0 Å². The van der Waals surface area contributed by atoms with Gasteiger partial charge in [0.15, 0.2) is 0 Å². The Hall–Kier alpha value is -1.37. The molecule has 0 bridgehead atoms. The Morgan fingerprint density at radius 1 is 1.19 bits per heavy atom. The lowest BCUT2D eigenvalue weighted by atomic mass is 10.3. The Kier molecular flexibility index (Phi) is 6.39. The molecule has 0 atom stereocenters. The Labute approximate surface area is 120 Å². The minimum absolute atomic E-state index is 0.00405. The molecule has 0 aliphatic heterocycles. The van der Waals surface area contributed by atoms with Gasteiger partial charge < -0.3 is 9.05 Å². The monoisotopic (exact) mass is 325 g/mol. The van der Waals surface area contributed by atoms with Crippen molar-refractivity contribution < 1.29 is 31.9 Å². The topological polar surface area (TPSA) is 57.1 Å². The maximum absolute atomic E-state index is 14.2. The second-order valence-electron chi connectivity index (χ2n) is 3.70. The van der Waals surface area contributed by atoms with E-state index >= 15 is 0 Å². The van der Waals surface area contributed by atoms with Gasteiger partial charge in [0, 0.05) is 4.53 Å². The van der Waals surface area contributed by atoms with Crippen LogP contribution in [-0.2, 0) is 18.6 Å². The van der Waals surface area contributed by atoms with Gasteiger partial charge in [0.05, 0.1) is 18.9 Å². The number of alkyl halides is 2. The quantitative estimate of drug-likeness (QED) is 0.421. The van der Waals surface area contributed by atoms with Crippen molar-refractivity contribution >= 4 is 19.2 Å². The summed E-state index contributed by atoms with van der Waals surface area (Å²) in [7, 11) is -4.96. The van der Waals surface area contributed by atoms with E-state index in [1.165, 1.54) is 38.1 Å². The van der Waals surface area contributed by atoms with Crippen molar-refractivity contribution in [1.82, 2.24) is 0 Å². The Bertz CT molecular complexity index is 514. The second kappa shape index (κ2) is 7.59. The molecule has 9 heteroatoms. The highest BCUT2D eigenvalue weighted by atomic mass is 31.2. The third-order valence-electron chi connectivity index (χ3n) is 2.26. The van der Waals surface area contributed by atoms with E-state index < -0.39 is 19.2 Å². The summed E-state index contributed by atoms with van der Waals surface area (Å²) in [4.78, 5) is 6.44. The first-order chi connectivity index (χ1) is 9.91. The van der Waals surface area contributed by atoms with Crippen LogP contribution in [0, 0.1) is 0 Å². The average Bonchev–Trinajstić information content (AvgIpc) is 2.46. The van der Waals surface area contributed by atoms with E-state index in [1.54, 1.807) is 6.07 Å². The van der Waals surface area contributed by atoms with Gasteiger partial charge in [-0.3, -0.25) is 9.51 Å². The van der Waals surface area contributed by atoms with E-state index in [-0.39, 0.29) is 18.9 Å². The molecule has 0 aromatic heterocycles. The van der Waals surface area contributed by atoms with Crippen LogP contribution in [0.5, 0.6) is 0 Å². The number of para-hydroxylation sites is 1. The normalized spacial score (nSPS) is 13.3. The molecule has 0 N–H and O–H groups in total. The molecule has 0 heterocycles. The van der Waals surface area contributed by atoms with Gasteiger partial charge in [-0.15, -0.1) is 0 Å². The summed E-state index contributed by atoms with van der Waals surface area (Å²) in [6.45, 7) is 2.09. The molecule has 1 rings (SSSR count). The number of hydrogen-bond donors (Lipinski definition) is 0. The highest BCUT2D eigenvalue weighted by molar-refractivity contribution is 7.56. The lowest BCUT2D eigenvalue weighted by molar-refractivity contribution is -0.0549. The molecular weight excluding hydrogens is 310 g/mol. The SMILES string of the molecule is CCOP(=O)(OCC)C(F)(F)C(=Nc1ccccc1)OF. The van der Waals surface area contributed by atoms with Gasteiger partial charge in [-0.25, -0.2) is 4.99 Å². The van der Waals surface area contributed by atoms with Crippen LogP contribution in [0.25, 0.3) is 0 Å². The standard InChI is InChI=1S/C12H15F3NO4P/c1-3-18-21(17,19-4-2)12(13,14)11(20-15)16-10-8-6-5-7-9-10/h5-9H,3-4H2,1-2H3. The molecule has 1 aromatic rings. The lowest BCUT2D eigenvalue weighted by Gasteiger charge is -2.24. The van der Waals surface area contributed by atoms with E-state index in [0.717, 1.165) is 0 Å². The maximum Gasteiger partial charge on any atom is 0.423 e. The summed E-state index contributed by atoms with van der Waals surface area (Å²) in [5, 5.41) is 0. The third-order valence-corrected chi connectivity index (χ3v) is 4.33. The van der Waals surface area contributed by atoms with E-state index in [9.17, 15) is 17.9 Å². The Morgan fingerprint density at radius 2 is 1.71 bits per heavy atom. The molecule has 0 radical (unpaired) electrons. The van der Waals surface area contributed by atoms with Crippen molar-refractivity contribution in [3.05, 3.63) is 30.3 Å². The van der Waals surface area contributed by atoms with Gasteiger partial charge in [-0.2, -0.15) is 8.78 Å². The summed E-state index contributed by atoms with van der Waals surface area (Å²) < 4.78 is 62.0. The molecular formula is C12H15F3NO4P. The third kappa shape index (κ3) is 4.06. The minimum Gasteiger partial charge on any atom is -0.304 e. The fraction of sp³-hybridized carbons (Fsp3) is 0.417. The van der Waals surface area contributed by atoms with Crippen molar-refractivity contribution in [2.24, 2.45) is 4.99 Å². The summed E-state index contributed by atoms with van der Waals surface area (Å²) in [6.07, 6.45) is 0. The molecule has 21 heavy (non-hydrogen) atoms. The van der Waals surface area contributed by atoms with Crippen molar-refractivity contribution in [2.75, 3.05) is 13.2 Å². The van der Waals surface area contributed by atoms with Crippen LogP contribution in [0.4, 0.5) is 19.0 Å². The van der Waals surface area contributed by atoms with E-state index in [4.69, 9.17) is 0 Å². The van der Waals surface area contributed by atoms with Crippen LogP contribution in [0.1, 0.15) is 13.8 Å². The largest absolute Gasteiger partial charge is 0.423 e. The first kappa shape index (κ1) is 17.7. The molecule has 0 amide bonds. The molecule has 0 saturated heterocycles. The number of hydrogen-bond acceptors (Lipinski definition) is 5. The molecule has 5 nitrogen and oxygen atoms in total. The van der Waals surface area contributed by atoms with Crippen molar-refractivity contribution in [3.63, 3.8) is 0 Å². The van der Waals surface area contributed by atoms with E-state index in [1.807, 2.05) is 0 Å². The van der Waals surface area contributed by atoms with Crippen LogP contribution in [0.15, 0.2) is 35.3 Å². The zero-order valence-corrected chi connectivity index (χ0v) is 12.4. The zero-order valence-electron chi connectivity index (χ0n) is 11.5. The summed E-state index contributed by atoms with van der Waals surface area (Å²) in [5.41, 5.74) is -4.35. The molecule has 0 aliphatic carbocycles. The maximum atomic E-state index is 14.2. The number of nitrogens with zero attached hydrogens (tertiary/aromatic N) is 1. The van der Waals surface area contributed by atoms with Crippen molar-refractivity contribution in [3.8, 4) is 0 Å². The van der Waals surface area contributed by atoms with Gasteiger partial charge in [0.1, 0.15) is 0 Å². The minimum atomic E-state index is -4.96. The summed E-state index contributed by atoms with van der Waals surface area (Å²) in [6, 6.07) is 7.34. The zero-order chi connectivity index (χ0) is 15.9. The van der Waals surface area contributed by atoms with Gasteiger partial charge in [-0.05, 0) is 26.0 Å². The Balaban J connectivity index is 3.22. The number of aliphatic imine (C=N–C) groups is 1. The van der Waals surface area contributed by atoms with Crippen LogP contribution in [0.2, 0.25) is 0 Å². The smallest absolute Gasteiger partial charge is 0.304 e. The molecule has 0 unspecified atom stereocenters. The molecule has 0 saturated carbocycles. The molecule has 0 spiro atoms. The Morgan fingerprint density at radius 3 is 2.14 bits per heavy atom. The lowest BCUT2D eigenvalue weighted by Crippen LogP contribution is -2.31. The summed E-state index contributed by atoms with van der Waals surface area (Å²) >= 11 is 0. The average molecular weight is 325 g/mol. The van der Waals surface area contributed by atoms with Crippen molar-refractivity contribution in [2.45, 2.75) is 19.5 Å². The van der Waals surface area contributed by atoms with Crippen LogP contribution < -0.4 is 0 Å². The summed E-state index contributed by atoms with van der Waals surface area (Å²) in [5.74, 6) is -1.68. The highest BCUT2D eigenvalue weighted by Crippen LogP contribution is 2.62. The number of halogens is 3. The number of rotatable bonds is 7. The first-order valence-corrected chi connectivity index (χ1v) is 7.65. The van der Waals surface area contributed by atoms with Crippen LogP contribution in [0.3, 0.4) is 0 Å². The predicted octanol–water partition coefficient (Wildman–Crippen LogP) is 4.48. The molecule has 0 fully saturated rings. The van der Waals surface area contributed by atoms with Crippen LogP contribution >= 0.6 is 7.60 Å². The van der Waals surface area contributed by atoms with Gasteiger partial charge in [-0.1, -0.05) is 18.2 Å².